The molecule has 2 aliphatic rings. The van der Waals surface area contributed by atoms with E-state index < -0.39 is 11.7 Å². The van der Waals surface area contributed by atoms with E-state index in [1.807, 2.05) is 6.92 Å². The predicted molar refractivity (Wildman–Crippen MR) is 71.2 cm³/mol. The van der Waals surface area contributed by atoms with E-state index in [2.05, 4.69) is 14.8 Å². The summed E-state index contributed by atoms with van der Waals surface area (Å²) in [4.78, 5) is 12.4. The summed E-state index contributed by atoms with van der Waals surface area (Å²) in [7, 11) is 0. The van der Waals surface area contributed by atoms with Crippen LogP contribution in [0.15, 0.2) is 18.2 Å². The number of hydrogen-bond acceptors (Lipinski definition) is 4. The minimum atomic E-state index is -3.66. The molecule has 21 heavy (non-hydrogen) atoms. The van der Waals surface area contributed by atoms with Gasteiger partial charge in [0.05, 0.1) is 5.41 Å². The van der Waals surface area contributed by atoms with Crippen LogP contribution >= 0.6 is 0 Å². The highest BCUT2D eigenvalue weighted by atomic mass is 19.3. The van der Waals surface area contributed by atoms with Crippen LogP contribution in [0.1, 0.15) is 26.2 Å². The zero-order valence-electron chi connectivity index (χ0n) is 11.5. The van der Waals surface area contributed by atoms with Crippen molar-refractivity contribution in [2.75, 3.05) is 5.32 Å². The number of fused-ring (bicyclic) bond motifs is 1. The van der Waals surface area contributed by atoms with Gasteiger partial charge in [-0.1, -0.05) is 6.42 Å². The number of anilines is 1. The largest absolute Gasteiger partial charge is 0.586 e. The lowest BCUT2D eigenvalue weighted by Gasteiger charge is -2.27. The molecule has 3 N–H and O–H groups in total. The molecule has 7 heteroatoms. The molecule has 0 radical (unpaired) electrons. The van der Waals surface area contributed by atoms with Crippen molar-refractivity contribution in [3.8, 4) is 11.5 Å². The zero-order chi connectivity index (χ0) is 15.3. The van der Waals surface area contributed by atoms with Crippen molar-refractivity contribution >= 4 is 11.6 Å². The normalized spacial score (nSPS) is 29.4. The van der Waals surface area contributed by atoms with Crippen LogP contribution in [0.4, 0.5) is 14.5 Å². The monoisotopic (exact) mass is 298 g/mol. The molecule has 0 aromatic heterocycles. The van der Waals surface area contributed by atoms with Gasteiger partial charge in [-0.05, 0) is 31.9 Å². The molecule has 1 heterocycles. The van der Waals surface area contributed by atoms with E-state index in [0.29, 0.717) is 12.1 Å². The molecule has 1 saturated carbocycles. The number of nitrogens with one attached hydrogen (secondary N) is 1. The summed E-state index contributed by atoms with van der Waals surface area (Å²) in [5.74, 6) is -0.362. The van der Waals surface area contributed by atoms with Crippen molar-refractivity contribution in [3.63, 3.8) is 0 Å². The summed E-state index contributed by atoms with van der Waals surface area (Å²) in [5, 5.41) is 2.71. The molecule has 5 nitrogen and oxygen atoms in total. The highest BCUT2D eigenvalue weighted by Gasteiger charge is 2.45. The Hall–Kier alpha value is -1.89. The van der Waals surface area contributed by atoms with Gasteiger partial charge < -0.3 is 20.5 Å². The molecule has 1 aliphatic carbocycles. The number of benzene rings is 1. The first-order valence-corrected chi connectivity index (χ1v) is 6.77. The summed E-state index contributed by atoms with van der Waals surface area (Å²) >= 11 is 0. The quantitative estimate of drug-likeness (QED) is 0.879. The van der Waals surface area contributed by atoms with Gasteiger partial charge in [-0.3, -0.25) is 4.79 Å². The van der Waals surface area contributed by atoms with Crippen molar-refractivity contribution in [2.24, 2.45) is 11.1 Å². The van der Waals surface area contributed by atoms with Crippen LogP contribution < -0.4 is 20.5 Å². The fourth-order valence-electron chi connectivity index (χ4n) is 2.78. The second-order valence-electron chi connectivity index (χ2n) is 5.70. The average molecular weight is 298 g/mol. The lowest BCUT2D eigenvalue weighted by molar-refractivity contribution is -0.286. The van der Waals surface area contributed by atoms with Crippen molar-refractivity contribution in [2.45, 2.75) is 38.5 Å². The van der Waals surface area contributed by atoms with E-state index in [4.69, 9.17) is 5.73 Å². The standard InChI is InChI=1S/C14H16F2N2O3/c1-13(6-2-3-11(13)17)12(19)18-8-4-5-9-10(7-8)21-14(15,16)20-9/h4-5,7,11H,2-3,6,17H2,1H3,(H,18,19). The molecule has 0 bridgehead atoms. The average Bonchev–Trinajstić information content (AvgIpc) is 2.88. The van der Waals surface area contributed by atoms with Gasteiger partial charge in [-0.25, -0.2) is 0 Å². The van der Waals surface area contributed by atoms with Crippen LogP contribution in [0, 0.1) is 5.41 Å². The first-order valence-electron chi connectivity index (χ1n) is 6.77. The summed E-state index contributed by atoms with van der Waals surface area (Å²) in [6.45, 7) is 1.82. The Balaban J connectivity index is 1.76. The van der Waals surface area contributed by atoms with Gasteiger partial charge in [0.15, 0.2) is 11.5 Å². The highest BCUT2D eigenvalue weighted by molar-refractivity contribution is 5.96. The Morgan fingerprint density at radius 1 is 1.38 bits per heavy atom. The van der Waals surface area contributed by atoms with Crippen LogP contribution in [0.5, 0.6) is 11.5 Å². The zero-order valence-corrected chi connectivity index (χ0v) is 11.5. The Morgan fingerprint density at radius 2 is 2.10 bits per heavy atom. The number of carbonyl (C=O) groups is 1. The number of carbonyl (C=O) groups excluding carboxylic acids is 1. The van der Waals surface area contributed by atoms with E-state index in [1.54, 1.807) is 0 Å². The van der Waals surface area contributed by atoms with E-state index >= 15 is 0 Å². The van der Waals surface area contributed by atoms with Gasteiger partial charge in [-0.15, -0.1) is 8.78 Å². The second-order valence-corrected chi connectivity index (χ2v) is 5.70. The highest BCUT2D eigenvalue weighted by Crippen LogP contribution is 2.43. The van der Waals surface area contributed by atoms with Gasteiger partial charge in [0, 0.05) is 17.8 Å². The maximum atomic E-state index is 12.9. The van der Waals surface area contributed by atoms with E-state index in [9.17, 15) is 13.6 Å². The van der Waals surface area contributed by atoms with Crippen molar-refractivity contribution in [3.05, 3.63) is 18.2 Å². The number of nitrogens with two attached hydrogens (primary N) is 1. The Labute approximate surface area is 120 Å². The molecule has 114 valence electrons. The first kappa shape index (κ1) is 14.1. The molecular formula is C14H16F2N2O3. The van der Waals surface area contributed by atoms with Crippen LogP contribution in [-0.2, 0) is 4.79 Å². The molecule has 1 fully saturated rings. The van der Waals surface area contributed by atoms with Crippen molar-refractivity contribution in [1.29, 1.82) is 0 Å². The Morgan fingerprint density at radius 3 is 2.76 bits per heavy atom. The number of hydrogen-bond donors (Lipinski definition) is 2. The third-order valence-electron chi connectivity index (χ3n) is 4.21. The maximum Gasteiger partial charge on any atom is 0.586 e. The van der Waals surface area contributed by atoms with Crippen LogP contribution in [0.2, 0.25) is 0 Å². The molecule has 0 spiro atoms. The van der Waals surface area contributed by atoms with Crippen molar-refractivity contribution < 1.29 is 23.0 Å². The van der Waals surface area contributed by atoms with E-state index in [0.717, 1.165) is 12.8 Å². The summed E-state index contributed by atoms with van der Waals surface area (Å²) in [6, 6.07) is 3.95. The molecule has 3 rings (SSSR count). The number of alkyl halides is 2. The summed E-state index contributed by atoms with van der Waals surface area (Å²) < 4.78 is 34.5. The number of ether oxygens (including phenoxy) is 2. The van der Waals surface area contributed by atoms with Gasteiger partial charge in [0.1, 0.15) is 0 Å². The SMILES string of the molecule is CC1(C(=O)Nc2ccc3c(c2)OC(F)(F)O3)CCCC1N. The number of amides is 1. The van der Waals surface area contributed by atoms with Crippen molar-refractivity contribution in [1.82, 2.24) is 0 Å². The lowest BCUT2D eigenvalue weighted by atomic mass is 9.84. The second kappa shape index (κ2) is 4.56. The Bertz CT molecular complexity index is 594. The Kier molecular flexibility index (Phi) is 3.05. The maximum absolute atomic E-state index is 12.9. The minimum absolute atomic E-state index is 0.0539. The third-order valence-corrected chi connectivity index (χ3v) is 4.21. The number of halogens is 2. The first-order chi connectivity index (χ1) is 9.80. The third kappa shape index (κ3) is 2.42. The van der Waals surface area contributed by atoms with E-state index in [1.165, 1.54) is 18.2 Å². The van der Waals surface area contributed by atoms with Gasteiger partial charge in [0.25, 0.3) is 0 Å². The summed E-state index contributed by atoms with van der Waals surface area (Å²) in [5.41, 5.74) is 5.73. The van der Waals surface area contributed by atoms with Gasteiger partial charge >= 0.3 is 6.29 Å². The van der Waals surface area contributed by atoms with Crippen LogP contribution in [0.3, 0.4) is 0 Å². The van der Waals surface area contributed by atoms with Gasteiger partial charge in [0.2, 0.25) is 5.91 Å². The molecular weight excluding hydrogens is 282 g/mol. The molecule has 1 aliphatic heterocycles. The van der Waals surface area contributed by atoms with E-state index in [-0.39, 0.29) is 23.4 Å². The van der Waals surface area contributed by atoms with Gasteiger partial charge in [-0.2, -0.15) is 0 Å². The molecule has 0 saturated heterocycles. The molecule has 2 unspecified atom stereocenters. The topological polar surface area (TPSA) is 73.6 Å². The molecule has 1 aromatic rings. The van der Waals surface area contributed by atoms with Crippen LogP contribution in [-0.4, -0.2) is 18.2 Å². The molecule has 1 amide bonds. The van der Waals surface area contributed by atoms with Crippen LogP contribution in [0.25, 0.3) is 0 Å². The fourth-order valence-corrected chi connectivity index (χ4v) is 2.78. The fraction of sp³-hybridized carbons (Fsp3) is 0.500. The predicted octanol–water partition coefficient (Wildman–Crippen LogP) is 2.46. The summed E-state index contributed by atoms with van der Waals surface area (Å²) in [6.07, 6.45) is -1.25. The number of rotatable bonds is 2. The molecule has 1 aromatic carbocycles. The molecule has 2 atom stereocenters. The lowest BCUT2D eigenvalue weighted by Crippen LogP contribution is -2.44. The minimum Gasteiger partial charge on any atom is -0.395 e. The smallest absolute Gasteiger partial charge is 0.395 e.